The Balaban J connectivity index is 1.38. The smallest absolute Gasteiger partial charge is 0.267 e. The number of rotatable bonds is 6. The Morgan fingerprint density at radius 1 is 0.973 bits per heavy atom. The van der Waals surface area contributed by atoms with Crippen molar-refractivity contribution in [2.75, 3.05) is 41.3 Å². The van der Waals surface area contributed by atoms with Crippen LogP contribution in [0.4, 0.5) is 17.1 Å². The Kier molecular flexibility index (Phi) is 6.97. The third-order valence-corrected chi connectivity index (χ3v) is 8.57. The van der Waals surface area contributed by atoms with E-state index in [0.29, 0.717) is 22.9 Å². The lowest BCUT2D eigenvalue weighted by Gasteiger charge is -2.35. The summed E-state index contributed by atoms with van der Waals surface area (Å²) in [6, 6.07) is 19.2. The quantitative estimate of drug-likeness (QED) is 0.511. The van der Waals surface area contributed by atoms with Crippen LogP contribution in [0.3, 0.4) is 0 Å². The van der Waals surface area contributed by atoms with E-state index in [-0.39, 0.29) is 11.4 Å². The van der Waals surface area contributed by atoms with Crippen molar-refractivity contribution < 1.29 is 22.7 Å². The molecule has 1 saturated heterocycles. The van der Waals surface area contributed by atoms with Crippen molar-refractivity contribution in [3.8, 4) is 11.5 Å². The number of ether oxygens (including phenoxy) is 2. The Labute approximate surface area is 217 Å². The second-order valence-electron chi connectivity index (χ2n) is 9.37. The molecule has 0 unspecified atom stereocenters. The number of nitrogens with zero attached hydrogens (tertiary/aromatic N) is 2. The van der Waals surface area contributed by atoms with Crippen molar-refractivity contribution in [1.29, 1.82) is 0 Å². The number of amides is 1. The van der Waals surface area contributed by atoms with Crippen LogP contribution in [0.5, 0.6) is 11.5 Å². The van der Waals surface area contributed by atoms with Gasteiger partial charge in [-0.15, -0.1) is 0 Å². The lowest BCUT2D eigenvalue weighted by atomic mass is 10.1. The van der Waals surface area contributed by atoms with Gasteiger partial charge in [0, 0.05) is 24.5 Å². The second kappa shape index (κ2) is 10.3. The van der Waals surface area contributed by atoms with Crippen molar-refractivity contribution >= 4 is 33.0 Å². The van der Waals surface area contributed by atoms with E-state index in [2.05, 4.69) is 10.2 Å². The first-order chi connectivity index (χ1) is 17.8. The number of benzene rings is 3. The molecular weight excluding hydrogens is 490 g/mol. The molecule has 3 aromatic carbocycles. The fraction of sp³-hybridized carbons (Fsp3) is 0.321. The summed E-state index contributed by atoms with van der Waals surface area (Å²) in [5, 5.41) is 2.89. The van der Waals surface area contributed by atoms with Crippen LogP contribution < -0.4 is 24.0 Å². The number of nitrogens with one attached hydrogen (secondary N) is 1. The van der Waals surface area contributed by atoms with Gasteiger partial charge in [-0.3, -0.25) is 9.10 Å². The van der Waals surface area contributed by atoms with E-state index in [1.54, 1.807) is 24.3 Å². The van der Waals surface area contributed by atoms with Crippen molar-refractivity contribution in [1.82, 2.24) is 0 Å². The van der Waals surface area contributed by atoms with Crippen molar-refractivity contribution in [2.24, 2.45) is 0 Å². The normalized spacial score (nSPS) is 17.5. The van der Waals surface area contributed by atoms with Gasteiger partial charge in [0.2, 0.25) is 0 Å². The highest BCUT2D eigenvalue weighted by molar-refractivity contribution is 7.92. The zero-order valence-corrected chi connectivity index (χ0v) is 21.8. The van der Waals surface area contributed by atoms with Gasteiger partial charge in [-0.1, -0.05) is 6.07 Å². The second-order valence-corrected chi connectivity index (χ2v) is 11.2. The minimum Gasteiger partial charge on any atom is -0.497 e. The van der Waals surface area contributed by atoms with E-state index in [1.165, 1.54) is 42.8 Å². The monoisotopic (exact) mass is 521 g/mol. The minimum absolute atomic E-state index is 0.107. The lowest BCUT2D eigenvalue weighted by Crippen LogP contribution is -2.48. The largest absolute Gasteiger partial charge is 0.497 e. The van der Waals surface area contributed by atoms with Gasteiger partial charge in [-0.05, 0) is 92.4 Å². The number of hydrogen-bond donors (Lipinski definition) is 1. The van der Waals surface area contributed by atoms with E-state index < -0.39 is 22.0 Å². The fourth-order valence-electron chi connectivity index (χ4n) is 4.73. The van der Waals surface area contributed by atoms with Gasteiger partial charge >= 0.3 is 0 Å². The molecule has 0 spiro atoms. The molecule has 0 saturated carbocycles. The first-order valence-electron chi connectivity index (χ1n) is 12.4. The molecule has 37 heavy (non-hydrogen) atoms. The maximum Gasteiger partial charge on any atom is 0.267 e. The third-order valence-electron chi connectivity index (χ3n) is 6.78. The Morgan fingerprint density at radius 3 is 2.35 bits per heavy atom. The first-order valence-corrected chi connectivity index (χ1v) is 13.9. The number of hydrogen-bond acceptors (Lipinski definition) is 6. The van der Waals surface area contributed by atoms with Crippen molar-refractivity contribution in [3.05, 3.63) is 72.3 Å². The summed E-state index contributed by atoms with van der Waals surface area (Å²) >= 11 is 0. The first kappa shape index (κ1) is 25.0. The molecule has 0 bridgehead atoms. The predicted octanol–water partition coefficient (Wildman–Crippen LogP) is 4.59. The van der Waals surface area contributed by atoms with Crippen molar-refractivity contribution in [2.45, 2.75) is 37.2 Å². The number of carbonyl (C=O) groups is 1. The molecule has 9 heteroatoms. The molecule has 1 atom stereocenters. The molecule has 3 aromatic rings. The van der Waals surface area contributed by atoms with E-state index in [0.717, 1.165) is 24.3 Å². The minimum atomic E-state index is -3.96. The summed E-state index contributed by atoms with van der Waals surface area (Å²) in [7, 11) is -2.44. The number of sulfonamides is 1. The molecular formula is C28H31N3O5S. The molecule has 8 nitrogen and oxygen atoms in total. The van der Waals surface area contributed by atoms with E-state index in [4.69, 9.17) is 9.47 Å². The van der Waals surface area contributed by atoms with E-state index in [9.17, 15) is 13.2 Å². The molecule has 5 rings (SSSR count). The summed E-state index contributed by atoms with van der Waals surface area (Å²) in [5.41, 5.74) is 3.06. The molecule has 2 aliphatic heterocycles. The summed E-state index contributed by atoms with van der Waals surface area (Å²) in [6.07, 6.45) is 2.62. The molecule has 0 radical (unpaired) electrons. The van der Waals surface area contributed by atoms with Gasteiger partial charge in [0.1, 0.15) is 11.5 Å². The third kappa shape index (κ3) is 5.22. The van der Waals surface area contributed by atoms with E-state index in [1.807, 2.05) is 37.3 Å². The molecule has 1 amide bonds. The lowest BCUT2D eigenvalue weighted by molar-refractivity contribution is -0.122. The van der Waals surface area contributed by atoms with Gasteiger partial charge in [-0.2, -0.15) is 0 Å². The number of aryl methyl sites for hydroxylation is 1. The predicted molar refractivity (Wildman–Crippen MR) is 144 cm³/mol. The molecule has 2 aliphatic rings. The van der Waals surface area contributed by atoms with Crippen LogP contribution in [0.25, 0.3) is 0 Å². The molecule has 1 fully saturated rings. The van der Waals surface area contributed by atoms with Gasteiger partial charge < -0.3 is 19.7 Å². The number of fused-ring (bicyclic) bond motifs is 1. The average Bonchev–Trinajstić information content (AvgIpc) is 2.93. The van der Waals surface area contributed by atoms with Gasteiger partial charge in [0.25, 0.3) is 15.9 Å². The van der Waals surface area contributed by atoms with Crippen molar-refractivity contribution in [3.63, 3.8) is 0 Å². The maximum absolute atomic E-state index is 13.7. The van der Waals surface area contributed by atoms with Crippen LogP contribution in [0, 0.1) is 6.92 Å². The van der Waals surface area contributed by atoms with Gasteiger partial charge in [0.15, 0.2) is 6.10 Å². The zero-order chi connectivity index (χ0) is 26.0. The summed E-state index contributed by atoms with van der Waals surface area (Å²) < 4.78 is 39.7. The van der Waals surface area contributed by atoms with Crippen LogP contribution in [-0.2, 0) is 14.8 Å². The highest BCUT2D eigenvalue weighted by Crippen LogP contribution is 2.38. The standard InChI is InChI=1S/C28H31N3O5S/c1-20-6-15-26-25(18-20)31(37(33,34)24-13-11-23(35-2)12-14-24)19-27(36-26)28(32)29-21-7-9-22(10-8-21)30-16-4-3-5-17-30/h6-15,18,27H,3-5,16-17,19H2,1-2H3,(H,29,32)/t27-/m1/s1. The van der Waals surface area contributed by atoms with Crippen LogP contribution >= 0.6 is 0 Å². The summed E-state index contributed by atoms with van der Waals surface area (Å²) in [5.74, 6) is 0.488. The molecule has 194 valence electrons. The number of anilines is 3. The van der Waals surface area contributed by atoms with Crippen LogP contribution in [0.1, 0.15) is 24.8 Å². The van der Waals surface area contributed by atoms with Gasteiger partial charge in [-0.25, -0.2) is 8.42 Å². The number of piperidine rings is 1. The Hall–Kier alpha value is -3.72. The SMILES string of the molecule is COc1ccc(S(=O)(=O)N2C[C@H](C(=O)Nc3ccc(N4CCCCC4)cc3)Oc3ccc(C)cc32)cc1. The molecule has 0 aliphatic carbocycles. The molecule has 0 aromatic heterocycles. The zero-order valence-electron chi connectivity index (χ0n) is 21.0. The Morgan fingerprint density at radius 2 is 1.68 bits per heavy atom. The van der Waals surface area contributed by atoms with Crippen LogP contribution in [0.2, 0.25) is 0 Å². The average molecular weight is 522 g/mol. The summed E-state index contributed by atoms with van der Waals surface area (Å²) in [6.45, 7) is 3.81. The summed E-state index contributed by atoms with van der Waals surface area (Å²) in [4.78, 5) is 15.7. The Bertz CT molecular complexity index is 1370. The van der Waals surface area contributed by atoms with Gasteiger partial charge in [0.05, 0.1) is 24.2 Å². The molecule has 2 heterocycles. The number of methoxy groups -OCH3 is 1. The van der Waals surface area contributed by atoms with Crippen LogP contribution in [-0.4, -0.2) is 47.2 Å². The fourth-order valence-corrected chi connectivity index (χ4v) is 6.20. The topological polar surface area (TPSA) is 88.2 Å². The van der Waals surface area contributed by atoms with E-state index >= 15 is 0 Å². The molecule has 1 N–H and O–H groups in total. The highest BCUT2D eigenvalue weighted by atomic mass is 32.2. The highest BCUT2D eigenvalue weighted by Gasteiger charge is 2.37. The maximum atomic E-state index is 13.7. The number of carbonyl (C=O) groups excluding carboxylic acids is 1. The van der Waals surface area contributed by atoms with Crippen LogP contribution in [0.15, 0.2) is 71.6 Å².